The fourth-order valence-corrected chi connectivity index (χ4v) is 2.42. The molecule has 0 spiro atoms. The fourth-order valence-electron chi connectivity index (χ4n) is 2.02. The zero-order chi connectivity index (χ0) is 13.8. The van der Waals surface area contributed by atoms with Gasteiger partial charge in [-0.1, -0.05) is 47.5 Å². The summed E-state index contributed by atoms with van der Waals surface area (Å²) >= 11 is 11.9. The molecule has 2 aromatic rings. The summed E-state index contributed by atoms with van der Waals surface area (Å²) in [6.45, 7) is -0.0484. The monoisotopic (exact) mass is 298 g/mol. The van der Waals surface area contributed by atoms with Crippen LogP contribution in [-0.4, -0.2) is 11.7 Å². The van der Waals surface area contributed by atoms with Gasteiger partial charge in [0.2, 0.25) is 0 Å². The van der Waals surface area contributed by atoms with Crippen molar-refractivity contribution >= 4 is 23.2 Å². The van der Waals surface area contributed by atoms with Crippen LogP contribution in [0.1, 0.15) is 17.0 Å². The molecule has 19 heavy (non-hydrogen) atoms. The highest BCUT2D eigenvalue weighted by molar-refractivity contribution is 6.31. The number of rotatable bonds is 4. The van der Waals surface area contributed by atoms with Gasteiger partial charge in [0.1, 0.15) is 5.82 Å². The van der Waals surface area contributed by atoms with Gasteiger partial charge in [0.15, 0.2) is 0 Å². The maximum Gasteiger partial charge on any atom is 0.142 e. The smallest absolute Gasteiger partial charge is 0.142 e. The predicted molar refractivity (Wildman–Crippen MR) is 76.4 cm³/mol. The van der Waals surface area contributed by atoms with Crippen LogP contribution in [0.15, 0.2) is 42.5 Å². The first-order chi connectivity index (χ1) is 9.11. The number of aliphatic hydroxyl groups is 1. The van der Waals surface area contributed by atoms with Gasteiger partial charge in [-0.05, 0) is 35.7 Å². The number of aliphatic hydroxyl groups excluding tert-OH is 1. The molecule has 0 saturated carbocycles. The van der Waals surface area contributed by atoms with Crippen LogP contribution in [0.4, 0.5) is 4.39 Å². The highest BCUT2D eigenvalue weighted by Crippen LogP contribution is 2.27. The minimum absolute atomic E-state index is 0.0484. The van der Waals surface area contributed by atoms with Gasteiger partial charge in [-0.15, -0.1) is 0 Å². The normalized spacial score (nSPS) is 12.4. The second-order valence-electron chi connectivity index (χ2n) is 4.35. The summed E-state index contributed by atoms with van der Waals surface area (Å²) in [6.07, 6.45) is 0.466. The second-order valence-corrected chi connectivity index (χ2v) is 5.17. The molecule has 0 aliphatic heterocycles. The maximum absolute atomic E-state index is 13.4. The van der Waals surface area contributed by atoms with Gasteiger partial charge < -0.3 is 5.11 Å². The summed E-state index contributed by atoms with van der Waals surface area (Å²) in [7, 11) is 0. The van der Waals surface area contributed by atoms with Crippen LogP contribution in [0.2, 0.25) is 10.0 Å². The molecule has 0 fully saturated rings. The van der Waals surface area contributed by atoms with Gasteiger partial charge in [-0.2, -0.15) is 0 Å². The van der Waals surface area contributed by atoms with E-state index in [0.717, 1.165) is 5.56 Å². The Morgan fingerprint density at radius 1 is 1.11 bits per heavy atom. The van der Waals surface area contributed by atoms with Crippen molar-refractivity contribution < 1.29 is 9.50 Å². The molecular formula is C15H13Cl2FO. The topological polar surface area (TPSA) is 20.2 Å². The van der Waals surface area contributed by atoms with E-state index in [2.05, 4.69) is 0 Å². The first kappa shape index (κ1) is 14.3. The molecule has 1 N–H and O–H groups in total. The van der Waals surface area contributed by atoms with E-state index >= 15 is 0 Å². The Hall–Kier alpha value is -1.09. The van der Waals surface area contributed by atoms with Crippen molar-refractivity contribution in [3.8, 4) is 0 Å². The molecule has 0 bridgehead atoms. The SMILES string of the molecule is OCC(Cc1cccc(F)c1Cl)c1cccc(Cl)c1. The third-order valence-corrected chi connectivity index (χ3v) is 3.70. The van der Waals surface area contributed by atoms with Gasteiger partial charge in [0.25, 0.3) is 0 Å². The number of halogens is 3. The van der Waals surface area contributed by atoms with Crippen LogP contribution in [0, 0.1) is 5.82 Å². The Kier molecular flexibility index (Phi) is 4.81. The van der Waals surface area contributed by atoms with Crippen molar-refractivity contribution in [2.75, 3.05) is 6.61 Å². The van der Waals surface area contributed by atoms with Crippen molar-refractivity contribution in [3.63, 3.8) is 0 Å². The molecule has 2 aromatic carbocycles. The molecule has 1 atom stereocenters. The highest BCUT2D eigenvalue weighted by Gasteiger charge is 2.15. The lowest BCUT2D eigenvalue weighted by molar-refractivity contribution is 0.264. The third-order valence-electron chi connectivity index (χ3n) is 3.04. The summed E-state index contributed by atoms with van der Waals surface area (Å²) in [4.78, 5) is 0. The summed E-state index contributed by atoms with van der Waals surface area (Å²) in [5, 5.41) is 10.2. The van der Waals surface area contributed by atoms with E-state index in [1.54, 1.807) is 24.3 Å². The molecule has 0 heterocycles. The zero-order valence-corrected chi connectivity index (χ0v) is 11.6. The Bertz CT molecular complexity index is 572. The van der Waals surface area contributed by atoms with E-state index in [4.69, 9.17) is 23.2 Å². The molecule has 1 nitrogen and oxygen atoms in total. The highest BCUT2D eigenvalue weighted by atomic mass is 35.5. The van der Waals surface area contributed by atoms with Gasteiger partial charge in [-0.3, -0.25) is 0 Å². The molecule has 0 radical (unpaired) electrons. The average molecular weight is 299 g/mol. The first-order valence-corrected chi connectivity index (χ1v) is 6.66. The van der Waals surface area contributed by atoms with E-state index in [-0.39, 0.29) is 17.5 Å². The van der Waals surface area contributed by atoms with Crippen LogP contribution in [0.5, 0.6) is 0 Å². The zero-order valence-electron chi connectivity index (χ0n) is 10.1. The van der Waals surface area contributed by atoms with Crippen LogP contribution < -0.4 is 0 Å². The van der Waals surface area contributed by atoms with Gasteiger partial charge in [-0.25, -0.2) is 4.39 Å². The van der Waals surface area contributed by atoms with Gasteiger partial charge in [0, 0.05) is 10.9 Å². The van der Waals surface area contributed by atoms with Gasteiger partial charge in [0.05, 0.1) is 11.6 Å². The molecule has 0 aliphatic rings. The first-order valence-electron chi connectivity index (χ1n) is 5.91. The third kappa shape index (κ3) is 3.47. The molecule has 0 aromatic heterocycles. The molecular weight excluding hydrogens is 286 g/mol. The minimum Gasteiger partial charge on any atom is -0.396 e. The van der Waals surface area contributed by atoms with E-state index in [0.29, 0.717) is 17.0 Å². The molecule has 1 unspecified atom stereocenters. The Labute approximate surface area is 121 Å². The summed E-state index contributed by atoms with van der Waals surface area (Å²) < 4.78 is 13.4. The van der Waals surface area contributed by atoms with Crippen molar-refractivity contribution in [3.05, 3.63) is 69.5 Å². The van der Waals surface area contributed by atoms with E-state index in [1.807, 2.05) is 12.1 Å². The lowest BCUT2D eigenvalue weighted by Crippen LogP contribution is -2.08. The lowest BCUT2D eigenvalue weighted by Gasteiger charge is -2.16. The fraction of sp³-hybridized carbons (Fsp3) is 0.200. The van der Waals surface area contributed by atoms with Crippen LogP contribution in [0.3, 0.4) is 0 Å². The molecule has 0 amide bonds. The van der Waals surface area contributed by atoms with E-state index < -0.39 is 5.82 Å². The average Bonchev–Trinajstić information content (AvgIpc) is 2.40. The second kappa shape index (κ2) is 6.38. The molecule has 4 heteroatoms. The Morgan fingerprint density at radius 2 is 1.84 bits per heavy atom. The van der Waals surface area contributed by atoms with Gasteiger partial charge >= 0.3 is 0 Å². The minimum atomic E-state index is -0.443. The summed E-state index contributed by atoms with van der Waals surface area (Å²) in [5.74, 6) is -0.597. The number of hydrogen-bond donors (Lipinski definition) is 1. The number of benzene rings is 2. The van der Waals surface area contributed by atoms with Crippen molar-refractivity contribution in [1.29, 1.82) is 0 Å². The van der Waals surface area contributed by atoms with Crippen LogP contribution >= 0.6 is 23.2 Å². The molecule has 0 aliphatic carbocycles. The molecule has 2 rings (SSSR count). The van der Waals surface area contributed by atoms with Crippen LogP contribution in [0.25, 0.3) is 0 Å². The predicted octanol–water partition coefficient (Wildman–Crippen LogP) is 4.45. The Morgan fingerprint density at radius 3 is 2.53 bits per heavy atom. The lowest BCUT2D eigenvalue weighted by atomic mass is 9.92. The maximum atomic E-state index is 13.4. The standard InChI is InChI=1S/C15H13Cl2FO/c16-13-5-1-3-10(8-13)12(9-19)7-11-4-2-6-14(18)15(11)17/h1-6,8,12,19H,7,9H2. The number of hydrogen-bond acceptors (Lipinski definition) is 1. The Balaban J connectivity index is 2.26. The van der Waals surface area contributed by atoms with Crippen molar-refractivity contribution in [2.45, 2.75) is 12.3 Å². The van der Waals surface area contributed by atoms with Crippen molar-refractivity contribution in [1.82, 2.24) is 0 Å². The quantitative estimate of drug-likeness (QED) is 0.884. The molecule has 100 valence electrons. The largest absolute Gasteiger partial charge is 0.396 e. The summed E-state index contributed by atoms with van der Waals surface area (Å²) in [5.41, 5.74) is 1.59. The van der Waals surface area contributed by atoms with Crippen LogP contribution in [-0.2, 0) is 6.42 Å². The van der Waals surface area contributed by atoms with E-state index in [1.165, 1.54) is 6.07 Å². The van der Waals surface area contributed by atoms with Crippen molar-refractivity contribution in [2.24, 2.45) is 0 Å². The summed E-state index contributed by atoms with van der Waals surface area (Å²) in [6, 6.07) is 12.0. The van der Waals surface area contributed by atoms with E-state index in [9.17, 15) is 9.50 Å². The molecule has 0 saturated heterocycles.